The van der Waals surface area contributed by atoms with E-state index in [4.69, 9.17) is 0 Å². The molecule has 1 aromatic carbocycles. The van der Waals surface area contributed by atoms with Crippen LogP contribution in [0.2, 0.25) is 0 Å². The van der Waals surface area contributed by atoms with E-state index in [0.717, 1.165) is 25.3 Å². The van der Waals surface area contributed by atoms with Crippen LogP contribution in [0.25, 0.3) is 5.69 Å². The summed E-state index contributed by atoms with van der Waals surface area (Å²) in [5.41, 5.74) is 2.43. The monoisotopic (exact) mass is 362 g/mol. The fraction of sp³-hybridized carbons (Fsp3) is 0.429. The molecule has 1 atom stereocenters. The average molecular weight is 362 g/mol. The highest BCUT2D eigenvalue weighted by molar-refractivity contribution is 5.53. The van der Waals surface area contributed by atoms with Crippen molar-refractivity contribution in [3.63, 3.8) is 0 Å². The van der Waals surface area contributed by atoms with Gasteiger partial charge in [0.2, 0.25) is 0 Å². The molecule has 0 radical (unpaired) electrons. The largest absolute Gasteiger partial charge is 0.371 e. The first kappa shape index (κ1) is 16.6. The minimum absolute atomic E-state index is 0.594. The first-order valence-electron chi connectivity index (χ1n) is 9.93. The number of rotatable bonds is 4. The second-order valence-corrected chi connectivity index (χ2v) is 7.64. The van der Waals surface area contributed by atoms with E-state index >= 15 is 0 Å². The highest BCUT2D eigenvalue weighted by atomic mass is 15.3. The first-order chi connectivity index (χ1) is 13.4. The molecule has 2 aliphatic heterocycles. The maximum atomic E-state index is 4.35. The highest BCUT2D eigenvalue weighted by Crippen LogP contribution is 2.29. The normalized spacial score (nSPS) is 21.8. The van der Waals surface area contributed by atoms with Gasteiger partial charge in [0.05, 0.1) is 12.0 Å². The summed E-state index contributed by atoms with van der Waals surface area (Å²) in [5, 5.41) is 4.35. The summed E-state index contributed by atoms with van der Waals surface area (Å²) < 4.78 is 4.20. The van der Waals surface area contributed by atoms with E-state index in [-0.39, 0.29) is 0 Å². The van der Waals surface area contributed by atoms with Crippen molar-refractivity contribution >= 4 is 5.69 Å². The van der Waals surface area contributed by atoms with Gasteiger partial charge in [-0.25, -0.2) is 9.67 Å². The van der Waals surface area contributed by atoms with Crippen LogP contribution in [0, 0.1) is 0 Å². The predicted molar refractivity (Wildman–Crippen MR) is 106 cm³/mol. The zero-order chi connectivity index (χ0) is 18.1. The van der Waals surface area contributed by atoms with Crippen LogP contribution in [0.5, 0.6) is 0 Å². The van der Waals surface area contributed by atoms with Crippen LogP contribution in [0.3, 0.4) is 0 Å². The van der Waals surface area contributed by atoms with E-state index in [9.17, 15) is 0 Å². The molecular weight excluding hydrogens is 336 g/mol. The van der Waals surface area contributed by atoms with Gasteiger partial charge >= 0.3 is 0 Å². The van der Waals surface area contributed by atoms with Gasteiger partial charge in [0.25, 0.3) is 0 Å². The smallest absolute Gasteiger partial charge is 0.0948 e. The Kier molecular flexibility index (Phi) is 4.41. The molecule has 2 fully saturated rings. The molecule has 1 unspecified atom stereocenters. The standard InChI is InChI=1S/C21H26N6/c1-3-19(15-20(4-1)27-10-2-8-23-27)24-11-5-18(6-12-24)25-13-7-21(16-25)26-14-9-22-17-26/h1-4,8-10,14-15,17-18,21H,5-7,11-13,16H2. The molecule has 3 aromatic rings. The molecule has 0 N–H and O–H groups in total. The molecular formula is C21H26N6. The highest BCUT2D eigenvalue weighted by Gasteiger charge is 2.31. The van der Waals surface area contributed by atoms with Crippen LogP contribution < -0.4 is 4.90 Å². The van der Waals surface area contributed by atoms with Crippen molar-refractivity contribution in [3.05, 3.63) is 61.4 Å². The van der Waals surface area contributed by atoms with Crippen molar-refractivity contribution < 1.29 is 0 Å². The van der Waals surface area contributed by atoms with Gasteiger partial charge < -0.3 is 9.47 Å². The second-order valence-electron chi connectivity index (χ2n) is 7.64. The van der Waals surface area contributed by atoms with Gasteiger partial charge in [-0.2, -0.15) is 5.10 Å². The summed E-state index contributed by atoms with van der Waals surface area (Å²) in [4.78, 5) is 9.42. The van der Waals surface area contributed by atoms with Gasteiger partial charge in [-0.05, 0) is 43.5 Å². The van der Waals surface area contributed by atoms with Crippen LogP contribution in [0.4, 0.5) is 5.69 Å². The second kappa shape index (κ2) is 7.19. The summed E-state index contributed by atoms with van der Waals surface area (Å²) in [6.45, 7) is 4.62. The lowest BCUT2D eigenvalue weighted by molar-refractivity contribution is 0.201. The van der Waals surface area contributed by atoms with Crippen LogP contribution >= 0.6 is 0 Å². The Morgan fingerprint density at radius 3 is 2.48 bits per heavy atom. The Labute approximate surface area is 160 Å². The molecule has 140 valence electrons. The van der Waals surface area contributed by atoms with Crippen molar-refractivity contribution in [2.24, 2.45) is 0 Å². The lowest BCUT2D eigenvalue weighted by Crippen LogP contribution is -2.44. The predicted octanol–water partition coefficient (Wildman–Crippen LogP) is 2.98. The Hall–Kier alpha value is -2.60. The Morgan fingerprint density at radius 1 is 0.852 bits per heavy atom. The molecule has 27 heavy (non-hydrogen) atoms. The van der Waals surface area contributed by atoms with Crippen molar-refractivity contribution in [2.45, 2.75) is 31.3 Å². The lowest BCUT2D eigenvalue weighted by atomic mass is 10.0. The number of nitrogens with zero attached hydrogens (tertiary/aromatic N) is 6. The van der Waals surface area contributed by atoms with Crippen LogP contribution in [-0.2, 0) is 0 Å². The van der Waals surface area contributed by atoms with Gasteiger partial charge in [0.1, 0.15) is 0 Å². The molecule has 0 saturated carbocycles. The van der Waals surface area contributed by atoms with Crippen LogP contribution in [0.15, 0.2) is 61.4 Å². The Morgan fingerprint density at radius 2 is 1.70 bits per heavy atom. The van der Waals surface area contributed by atoms with Crippen molar-refractivity contribution in [1.82, 2.24) is 24.2 Å². The molecule has 6 heteroatoms. The number of piperidine rings is 1. The van der Waals surface area contributed by atoms with Crippen molar-refractivity contribution in [3.8, 4) is 5.69 Å². The fourth-order valence-electron chi connectivity index (χ4n) is 4.57. The van der Waals surface area contributed by atoms with Gasteiger partial charge in [0, 0.05) is 68.7 Å². The number of benzene rings is 1. The molecule has 0 amide bonds. The van der Waals surface area contributed by atoms with E-state index < -0.39 is 0 Å². The lowest BCUT2D eigenvalue weighted by Gasteiger charge is -2.38. The van der Waals surface area contributed by atoms with Crippen molar-refractivity contribution in [1.29, 1.82) is 0 Å². The summed E-state index contributed by atoms with van der Waals surface area (Å²) in [5.74, 6) is 0. The third-order valence-corrected chi connectivity index (χ3v) is 6.09. The van der Waals surface area contributed by atoms with E-state index in [2.05, 4.69) is 54.9 Å². The van der Waals surface area contributed by atoms with Crippen molar-refractivity contribution in [2.75, 3.05) is 31.1 Å². The van der Waals surface area contributed by atoms with Gasteiger partial charge in [0.15, 0.2) is 0 Å². The summed E-state index contributed by atoms with van der Waals surface area (Å²) >= 11 is 0. The quantitative estimate of drug-likeness (QED) is 0.716. The molecule has 6 nitrogen and oxygen atoms in total. The minimum atomic E-state index is 0.594. The molecule has 0 aliphatic carbocycles. The van der Waals surface area contributed by atoms with Crippen LogP contribution in [-0.4, -0.2) is 56.5 Å². The topological polar surface area (TPSA) is 42.1 Å². The summed E-state index contributed by atoms with van der Waals surface area (Å²) in [6.07, 6.45) is 13.5. The zero-order valence-electron chi connectivity index (χ0n) is 15.6. The van der Waals surface area contributed by atoms with Gasteiger partial charge in [-0.3, -0.25) is 4.90 Å². The van der Waals surface area contributed by atoms with Crippen LogP contribution in [0.1, 0.15) is 25.3 Å². The Balaban J connectivity index is 1.20. The number of hydrogen-bond acceptors (Lipinski definition) is 4. The molecule has 0 spiro atoms. The minimum Gasteiger partial charge on any atom is -0.371 e. The maximum absolute atomic E-state index is 4.35. The Bertz CT molecular complexity index is 849. The molecule has 5 rings (SSSR count). The number of anilines is 1. The number of aromatic nitrogens is 4. The number of imidazole rings is 1. The van der Waals surface area contributed by atoms with E-state index in [1.54, 1.807) is 0 Å². The first-order valence-corrected chi connectivity index (χ1v) is 9.93. The van der Waals surface area contributed by atoms with E-state index in [0.29, 0.717) is 12.1 Å². The SMILES string of the molecule is c1cc(N2CCC(N3CCC(n4ccnc4)C3)CC2)cc(-n2cccn2)c1. The average Bonchev–Trinajstić information content (AvgIpc) is 3.50. The van der Waals surface area contributed by atoms with Gasteiger partial charge in [-0.1, -0.05) is 6.07 Å². The van der Waals surface area contributed by atoms with Gasteiger partial charge in [-0.15, -0.1) is 0 Å². The third kappa shape index (κ3) is 3.37. The van der Waals surface area contributed by atoms with E-state index in [1.807, 2.05) is 35.7 Å². The number of hydrogen-bond donors (Lipinski definition) is 0. The molecule has 4 heterocycles. The maximum Gasteiger partial charge on any atom is 0.0948 e. The molecule has 2 aliphatic rings. The van der Waals surface area contributed by atoms with E-state index in [1.165, 1.54) is 31.5 Å². The molecule has 2 aromatic heterocycles. The fourth-order valence-corrected chi connectivity index (χ4v) is 4.57. The molecule has 2 saturated heterocycles. The molecule has 0 bridgehead atoms. The number of likely N-dealkylation sites (tertiary alicyclic amines) is 1. The summed E-state index contributed by atoms with van der Waals surface area (Å²) in [7, 11) is 0. The summed E-state index contributed by atoms with van der Waals surface area (Å²) in [6, 6.07) is 12.0. The third-order valence-electron chi connectivity index (χ3n) is 6.09. The zero-order valence-corrected chi connectivity index (χ0v) is 15.6.